The number of benzene rings is 2. The van der Waals surface area contributed by atoms with Crippen LogP contribution in [0.15, 0.2) is 57.7 Å². The number of carbonyl (C=O) groups is 1. The Morgan fingerprint density at radius 1 is 1.13 bits per heavy atom. The molecule has 0 saturated carbocycles. The highest BCUT2D eigenvalue weighted by Crippen LogP contribution is 2.29. The van der Waals surface area contributed by atoms with Crippen LogP contribution in [0.3, 0.4) is 0 Å². The standard InChI is InChI=1S/C21H17N3O5S/c1-3-28-19(25)12-4-7-14(8-5-12)22-21-24-23-18(30-21)16-10-13-6-9-15(27-2)11-17(13)29-20(16)26/h4-11H,3H2,1-2H3,(H,22,24). The van der Waals surface area contributed by atoms with Crippen molar-refractivity contribution in [2.24, 2.45) is 0 Å². The first kappa shape index (κ1) is 19.6. The number of aromatic nitrogens is 2. The molecule has 0 fully saturated rings. The zero-order valence-electron chi connectivity index (χ0n) is 16.2. The number of fused-ring (bicyclic) bond motifs is 1. The Balaban J connectivity index is 1.56. The van der Waals surface area contributed by atoms with Crippen molar-refractivity contribution in [3.05, 3.63) is 64.5 Å². The summed E-state index contributed by atoms with van der Waals surface area (Å²) < 4.78 is 15.5. The molecule has 2 heterocycles. The molecule has 8 nitrogen and oxygen atoms in total. The van der Waals surface area contributed by atoms with Crippen molar-refractivity contribution in [1.82, 2.24) is 10.2 Å². The fourth-order valence-corrected chi connectivity index (χ4v) is 3.55. The summed E-state index contributed by atoms with van der Waals surface area (Å²) in [6.45, 7) is 2.08. The Hall–Kier alpha value is -3.72. The highest BCUT2D eigenvalue weighted by Gasteiger charge is 2.14. The van der Waals surface area contributed by atoms with Crippen molar-refractivity contribution in [2.45, 2.75) is 6.92 Å². The van der Waals surface area contributed by atoms with Crippen LogP contribution in [0.25, 0.3) is 21.5 Å². The molecule has 0 aliphatic rings. The summed E-state index contributed by atoms with van der Waals surface area (Å²) in [5.41, 5.74) is 1.45. The molecule has 152 valence electrons. The second-order valence-electron chi connectivity index (χ2n) is 6.19. The molecule has 1 N–H and O–H groups in total. The van der Waals surface area contributed by atoms with Gasteiger partial charge >= 0.3 is 11.6 Å². The quantitative estimate of drug-likeness (QED) is 0.363. The second-order valence-corrected chi connectivity index (χ2v) is 7.16. The Morgan fingerprint density at radius 2 is 1.93 bits per heavy atom. The number of ether oxygens (including phenoxy) is 2. The smallest absolute Gasteiger partial charge is 0.346 e. The predicted molar refractivity (Wildman–Crippen MR) is 114 cm³/mol. The summed E-state index contributed by atoms with van der Waals surface area (Å²) in [5.74, 6) is 0.234. The SMILES string of the molecule is CCOC(=O)c1ccc(Nc2nnc(-c3cc4ccc(OC)cc4oc3=O)s2)cc1. The van der Waals surface area contributed by atoms with Crippen molar-refractivity contribution in [3.8, 4) is 16.3 Å². The van der Waals surface area contributed by atoms with Gasteiger partial charge in [-0.1, -0.05) is 11.3 Å². The van der Waals surface area contributed by atoms with Gasteiger partial charge in [-0.2, -0.15) is 0 Å². The van der Waals surface area contributed by atoms with E-state index in [0.717, 1.165) is 11.1 Å². The molecule has 2 aromatic heterocycles. The van der Waals surface area contributed by atoms with E-state index in [1.165, 1.54) is 11.3 Å². The van der Waals surface area contributed by atoms with Gasteiger partial charge in [0.15, 0.2) is 5.01 Å². The number of methoxy groups -OCH3 is 1. The van der Waals surface area contributed by atoms with Crippen molar-refractivity contribution < 1.29 is 18.7 Å². The lowest BCUT2D eigenvalue weighted by atomic mass is 10.2. The zero-order chi connectivity index (χ0) is 21.1. The molecule has 0 amide bonds. The van der Waals surface area contributed by atoms with E-state index in [4.69, 9.17) is 13.9 Å². The summed E-state index contributed by atoms with van der Waals surface area (Å²) in [4.78, 5) is 24.1. The van der Waals surface area contributed by atoms with E-state index >= 15 is 0 Å². The Bertz CT molecular complexity index is 1260. The highest BCUT2D eigenvalue weighted by atomic mass is 32.1. The minimum atomic E-state index is -0.503. The molecule has 30 heavy (non-hydrogen) atoms. The minimum Gasteiger partial charge on any atom is -0.497 e. The third-order valence-corrected chi connectivity index (χ3v) is 5.12. The molecule has 0 radical (unpaired) electrons. The number of hydrogen-bond acceptors (Lipinski definition) is 9. The molecule has 0 saturated heterocycles. The average molecular weight is 423 g/mol. The van der Waals surface area contributed by atoms with Gasteiger partial charge in [0.1, 0.15) is 11.3 Å². The second kappa shape index (κ2) is 8.34. The Labute approximate surface area is 175 Å². The molecule has 0 unspecified atom stereocenters. The fourth-order valence-electron chi connectivity index (χ4n) is 2.78. The number of esters is 1. The van der Waals surface area contributed by atoms with E-state index in [1.807, 2.05) is 6.07 Å². The molecule has 0 atom stereocenters. The third kappa shape index (κ3) is 4.01. The molecule has 4 aromatic rings. The summed E-state index contributed by atoms with van der Waals surface area (Å²) in [5, 5.41) is 13.0. The molecular formula is C21H17N3O5S. The van der Waals surface area contributed by atoms with Crippen LogP contribution in [-0.2, 0) is 4.74 Å². The van der Waals surface area contributed by atoms with Crippen LogP contribution in [0.4, 0.5) is 10.8 Å². The van der Waals surface area contributed by atoms with Crippen LogP contribution in [0.1, 0.15) is 17.3 Å². The third-order valence-electron chi connectivity index (χ3n) is 4.25. The maximum atomic E-state index is 12.4. The number of carbonyl (C=O) groups excluding carboxylic acids is 1. The van der Waals surface area contributed by atoms with Gasteiger partial charge in [-0.25, -0.2) is 9.59 Å². The molecule has 2 aromatic carbocycles. The van der Waals surface area contributed by atoms with E-state index < -0.39 is 5.63 Å². The molecule has 0 aliphatic carbocycles. The number of hydrogen-bond donors (Lipinski definition) is 1. The van der Waals surface area contributed by atoms with Gasteiger partial charge in [0.25, 0.3) is 0 Å². The largest absolute Gasteiger partial charge is 0.497 e. The van der Waals surface area contributed by atoms with Gasteiger partial charge < -0.3 is 19.2 Å². The van der Waals surface area contributed by atoms with Gasteiger partial charge in [0.2, 0.25) is 5.13 Å². The number of anilines is 2. The Morgan fingerprint density at radius 3 is 2.67 bits per heavy atom. The summed E-state index contributed by atoms with van der Waals surface area (Å²) in [7, 11) is 1.55. The summed E-state index contributed by atoms with van der Waals surface area (Å²) >= 11 is 1.22. The van der Waals surface area contributed by atoms with E-state index in [-0.39, 0.29) is 5.97 Å². The van der Waals surface area contributed by atoms with Gasteiger partial charge in [-0.3, -0.25) is 0 Å². The maximum absolute atomic E-state index is 12.4. The first-order chi connectivity index (χ1) is 14.6. The molecule has 4 rings (SSSR count). The first-order valence-corrected chi connectivity index (χ1v) is 9.89. The monoisotopic (exact) mass is 423 g/mol. The predicted octanol–water partition coefficient (Wildman–Crippen LogP) is 4.24. The lowest BCUT2D eigenvalue weighted by Gasteiger charge is -2.04. The van der Waals surface area contributed by atoms with E-state index in [9.17, 15) is 9.59 Å². The van der Waals surface area contributed by atoms with Crippen LogP contribution < -0.4 is 15.7 Å². The molecule has 0 bridgehead atoms. The van der Waals surface area contributed by atoms with Crippen LogP contribution in [0, 0.1) is 0 Å². The van der Waals surface area contributed by atoms with Crippen LogP contribution >= 0.6 is 11.3 Å². The fraction of sp³-hybridized carbons (Fsp3) is 0.143. The van der Waals surface area contributed by atoms with Crippen molar-refractivity contribution in [3.63, 3.8) is 0 Å². The number of nitrogens with zero attached hydrogens (tertiary/aromatic N) is 2. The molecule has 0 spiro atoms. The van der Waals surface area contributed by atoms with E-state index in [2.05, 4.69) is 15.5 Å². The maximum Gasteiger partial charge on any atom is 0.346 e. The van der Waals surface area contributed by atoms with Gasteiger partial charge in [-0.05, 0) is 49.4 Å². The topological polar surface area (TPSA) is 104 Å². The van der Waals surface area contributed by atoms with Crippen LogP contribution in [-0.4, -0.2) is 29.9 Å². The van der Waals surface area contributed by atoms with Crippen molar-refractivity contribution >= 4 is 39.1 Å². The minimum absolute atomic E-state index is 0.322. The van der Waals surface area contributed by atoms with Crippen LogP contribution in [0.2, 0.25) is 0 Å². The normalized spacial score (nSPS) is 10.7. The lowest BCUT2D eigenvalue weighted by Crippen LogP contribution is -2.04. The van der Waals surface area contributed by atoms with Crippen LogP contribution in [0.5, 0.6) is 5.75 Å². The van der Waals surface area contributed by atoms with Crippen molar-refractivity contribution in [1.29, 1.82) is 0 Å². The molecule has 0 aliphatic heterocycles. The average Bonchev–Trinajstić information content (AvgIpc) is 3.21. The first-order valence-electron chi connectivity index (χ1n) is 9.07. The van der Waals surface area contributed by atoms with E-state index in [0.29, 0.717) is 39.2 Å². The van der Waals surface area contributed by atoms with Gasteiger partial charge in [-0.15, -0.1) is 10.2 Å². The number of rotatable bonds is 6. The molecular weight excluding hydrogens is 406 g/mol. The lowest BCUT2D eigenvalue weighted by molar-refractivity contribution is 0.0526. The van der Waals surface area contributed by atoms with Gasteiger partial charge in [0, 0.05) is 17.1 Å². The Kier molecular flexibility index (Phi) is 5.44. The van der Waals surface area contributed by atoms with Gasteiger partial charge in [0.05, 0.1) is 24.8 Å². The number of nitrogens with one attached hydrogen (secondary N) is 1. The summed E-state index contributed by atoms with van der Waals surface area (Å²) in [6, 6.07) is 13.8. The summed E-state index contributed by atoms with van der Waals surface area (Å²) in [6.07, 6.45) is 0. The van der Waals surface area contributed by atoms with Crippen molar-refractivity contribution in [2.75, 3.05) is 19.0 Å². The highest BCUT2D eigenvalue weighted by molar-refractivity contribution is 7.18. The van der Waals surface area contributed by atoms with E-state index in [1.54, 1.807) is 56.5 Å². The molecule has 9 heteroatoms. The zero-order valence-corrected chi connectivity index (χ0v) is 17.0.